The van der Waals surface area contributed by atoms with E-state index < -0.39 is 0 Å². The summed E-state index contributed by atoms with van der Waals surface area (Å²) in [5.41, 5.74) is 3.78. The summed E-state index contributed by atoms with van der Waals surface area (Å²) in [6.45, 7) is 0.471. The second-order valence-corrected chi connectivity index (χ2v) is 5.46. The first-order chi connectivity index (χ1) is 11.3. The molecule has 0 bridgehead atoms. The van der Waals surface area contributed by atoms with Crippen LogP contribution in [0, 0.1) is 11.3 Å². The quantitative estimate of drug-likeness (QED) is 0.628. The molecule has 3 rings (SSSR count). The van der Waals surface area contributed by atoms with Crippen molar-refractivity contribution in [3.05, 3.63) is 64.7 Å². The standard InChI is InChI=1S/C19H17NO3/c20-13-14-4-8-18(9-5-14)22-10-11-23-19(21)17-7-6-15-2-1-3-16(15)12-17/h4-9,12H,1-3,10-11H2. The van der Waals surface area contributed by atoms with Gasteiger partial charge in [0.1, 0.15) is 19.0 Å². The van der Waals surface area contributed by atoms with Crippen molar-refractivity contribution in [2.24, 2.45) is 0 Å². The lowest BCUT2D eigenvalue weighted by atomic mass is 10.1. The molecule has 0 radical (unpaired) electrons. The Hall–Kier alpha value is -2.80. The van der Waals surface area contributed by atoms with Gasteiger partial charge >= 0.3 is 5.97 Å². The number of benzene rings is 2. The number of ether oxygens (including phenoxy) is 2. The number of carbonyl (C=O) groups excluding carboxylic acids is 1. The van der Waals surface area contributed by atoms with Crippen LogP contribution in [0.1, 0.15) is 33.5 Å². The van der Waals surface area contributed by atoms with E-state index in [1.165, 1.54) is 11.1 Å². The molecule has 0 N–H and O–H groups in total. The summed E-state index contributed by atoms with van der Waals surface area (Å²) in [5, 5.41) is 8.72. The molecule has 1 aliphatic carbocycles. The molecule has 1 aliphatic rings. The molecule has 0 fully saturated rings. The van der Waals surface area contributed by atoms with Crippen LogP contribution in [-0.2, 0) is 17.6 Å². The van der Waals surface area contributed by atoms with E-state index >= 15 is 0 Å². The third kappa shape index (κ3) is 3.70. The molecule has 0 saturated heterocycles. The highest BCUT2D eigenvalue weighted by atomic mass is 16.6. The summed E-state index contributed by atoms with van der Waals surface area (Å²) in [5.74, 6) is 0.334. The molecule has 116 valence electrons. The van der Waals surface area contributed by atoms with Crippen molar-refractivity contribution in [1.82, 2.24) is 0 Å². The van der Waals surface area contributed by atoms with Gasteiger partial charge in [0, 0.05) is 0 Å². The fourth-order valence-electron chi connectivity index (χ4n) is 2.70. The van der Waals surface area contributed by atoms with Gasteiger partial charge in [-0.15, -0.1) is 0 Å². The SMILES string of the molecule is N#Cc1ccc(OCCOC(=O)c2ccc3c(c2)CCC3)cc1. The molecular weight excluding hydrogens is 290 g/mol. The van der Waals surface area contributed by atoms with Crippen molar-refractivity contribution in [2.75, 3.05) is 13.2 Å². The first kappa shape index (κ1) is 15.1. The Morgan fingerprint density at radius 3 is 2.61 bits per heavy atom. The average molecular weight is 307 g/mol. The molecule has 0 unspecified atom stereocenters. The van der Waals surface area contributed by atoms with Crippen LogP contribution >= 0.6 is 0 Å². The highest BCUT2D eigenvalue weighted by Crippen LogP contribution is 2.23. The number of esters is 1. The van der Waals surface area contributed by atoms with Gasteiger partial charge < -0.3 is 9.47 Å². The fraction of sp³-hybridized carbons (Fsp3) is 0.263. The molecule has 2 aromatic carbocycles. The van der Waals surface area contributed by atoms with E-state index in [2.05, 4.69) is 0 Å². The molecule has 0 saturated carbocycles. The molecule has 0 amide bonds. The summed E-state index contributed by atoms with van der Waals surface area (Å²) in [6, 6.07) is 14.7. The van der Waals surface area contributed by atoms with E-state index in [9.17, 15) is 4.79 Å². The van der Waals surface area contributed by atoms with Gasteiger partial charge in [0.05, 0.1) is 17.2 Å². The second kappa shape index (κ2) is 6.97. The summed E-state index contributed by atoms with van der Waals surface area (Å²) >= 11 is 0. The molecule has 2 aromatic rings. The predicted octanol–water partition coefficient (Wildman–Crippen LogP) is 3.28. The Kier molecular flexibility index (Phi) is 4.58. The van der Waals surface area contributed by atoms with Gasteiger partial charge in [0.2, 0.25) is 0 Å². The molecular formula is C19H17NO3. The van der Waals surface area contributed by atoms with Crippen molar-refractivity contribution in [3.63, 3.8) is 0 Å². The van der Waals surface area contributed by atoms with Crippen LogP contribution in [0.3, 0.4) is 0 Å². The number of aryl methyl sites for hydroxylation is 2. The van der Waals surface area contributed by atoms with Crippen LogP contribution in [0.5, 0.6) is 5.75 Å². The smallest absolute Gasteiger partial charge is 0.338 e. The third-order valence-corrected chi connectivity index (χ3v) is 3.90. The Bertz CT molecular complexity index is 744. The van der Waals surface area contributed by atoms with Crippen molar-refractivity contribution in [1.29, 1.82) is 5.26 Å². The van der Waals surface area contributed by atoms with Crippen molar-refractivity contribution in [2.45, 2.75) is 19.3 Å². The third-order valence-electron chi connectivity index (χ3n) is 3.90. The van der Waals surface area contributed by atoms with Gasteiger partial charge in [-0.2, -0.15) is 5.26 Å². The molecule has 0 aliphatic heterocycles. The van der Waals surface area contributed by atoms with Crippen LogP contribution in [0.15, 0.2) is 42.5 Å². The van der Waals surface area contributed by atoms with Crippen LogP contribution in [-0.4, -0.2) is 19.2 Å². The van der Waals surface area contributed by atoms with E-state index in [4.69, 9.17) is 14.7 Å². The van der Waals surface area contributed by atoms with Gasteiger partial charge in [0.25, 0.3) is 0 Å². The van der Waals surface area contributed by atoms with Crippen molar-refractivity contribution >= 4 is 5.97 Å². The van der Waals surface area contributed by atoms with Crippen LogP contribution in [0.4, 0.5) is 0 Å². The number of rotatable bonds is 5. The lowest BCUT2D eigenvalue weighted by Gasteiger charge is -2.08. The molecule has 4 nitrogen and oxygen atoms in total. The Balaban J connectivity index is 1.46. The first-order valence-electron chi connectivity index (χ1n) is 7.68. The van der Waals surface area contributed by atoms with Gasteiger partial charge in [0.15, 0.2) is 0 Å². The molecule has 4 heteroatoms. The predicted molar refractivity (Wildman–Crippen MR) is 85.4 cm³/mol. The van der Waals surface area contributed by atoms with Gasteiger partial charge in [-0.1, -0.05) is 6.07 Å². The number of hydrogen-bond acceptors (Lipinski definition) is 4. The Morgan fingerprint density at radius 1 is 1.04 bits per heavy atom. The molecule has 23 heavy (non-hydrogen) atoms. The Morgan fingerprint density at radius 2 is 1.83 bits per heavy atom. The fourth-order valence-corrected chi connectivity index (χ4v) is 2.70. The van der Waals surface area contributed by atoms with E-state index in [-0.39, 0.29) is 19.2 Å². The number of nitrogens with zero attached hydrogens (tertiary/aromatic N) is 1. The molecule has 0 spiro atoms. The lowest BCUT2D eigenvalue weighted by Crippen LogP contribution is -2.12. The van der Waals surface area contributed by atoms with Crippen LogP contribution in [0.25, 0.3) is 0 Å². The van der Waals surface area contributed by atoms with Crippen molar-refractivity contribution in [3.8, 4) is 11.8 Å². The average Bonchev–Trinajstić information content (AvgIpc) is 3.06. The van der Waals surface area contributed by atoms with Gasteiger partial charge in [-0.05, 0) is 66.8 Å². The molecule has 0 atom stereocenters. The maximum Gasteiger partial charge on any atom is 0.338 e. The summed E-state index contributed by atoms with van der Waals surface area (Å²) in [7, 11) is 0. The zero-order valence-electron chi connectivity index (χ0n) is 12.7. The maximum absolute atomic E-state index is 12.0. The summed E-state index contributed by atoms with van der Waals surface area (Å²) < 4.78 is 10.7. The number of nitriles is 1. The topological polar surface area (TPSA) is 59.3 Å². The largest absolute Gasteiger partial charge is 0.490 e. The zero-order chi connectivity index (χ0) is 16.1. The zero-order valence-corrected chi connectivity index (χ0v) is 12.7. The number of carbonyl (C=O) groups is 1. The molecule has 0 aromatic heterocycles. The lowest BCUT2D eigenvalue weighted by molar-refractivity contribution is 0.0450. The van der Waals surface area contributed by atoms with E-state index in [0.717, 1.165) is 19.3 Å². The van der Waals surface area contributed by atoms with Gasteiger partial charge in [-0.3, -0.25) is 0 Å². The first-order valence-corrected chi connectivity index (χ1v) is 7.68. The minimum Gasteiger partial charge on any atom is -0.490 e. The number of hydrogen-bond donors (Lipinski definition) is 0. The minimum absolute atomic E-state index is 0.190. The van der Waals surface area contributed by atoms with E-state index in [0.29, 0.717) is 16.9 Å². The van der Waals surface area contributed by atoms with Crippen molar-refractivity contribution < 1.29 is 14.3 Å². The second-order valence-electron chi connectivity index (χ2n) is 5.46. The highest BCUT2D eigenvalue weighted by Gasteiger charge is 2.14. The van der Waals surface area contributed by atoms with Crippen LogP contribution < -0.4 is 4.74 Å². The van der Waals surface area contributed by atoms with Crippen LogP contribution in [0.2, 0.25) is 0 Å². The normalized spacial score (nSPS) is 12.3. The summed E-state index contributed by atoms with van der Waals surface area (Å²) in [4.78, 5) is 12.0. The minimum atomic E-state index is -0.317. The maximum atomic E-state index is 12.0. The van der Waals surface area contributed by atoms with Gasteiger partial charge in [-0.25, -0.2) is 4.79 Å². The highest BCUT2D eigenvalue weighted by molar-refractivity contribution is 5.89. The monoisotopic (exact) mass is 307 g/mol. The van der Waals surface area contributed by atoms with E-state index in [1.54, 1.807) is 24.3 Å². The van der Waals surface area contributed by atoms with E-state index in [1.807, 2.05) is 24.3 Å². The molecule has 0 heterocycles. The Labute approximate surface area is 135 Å². The number of fused-ring (bicyclic) bond motifs is 1. The summed E-state index contributed by atoms with van der Waals surface area (Å²) in [6.07, 6.45) is 3.30.